The van der Waals surface area contributed by atoms with Gasteiger partial charge in [0, 0.05) is 24.4 Å². The molecule has 2 aromatic heterocycles. The summed E-state index contributed by atoms with van der Waals surface area (Å²) < 4.78 is 31.2. The van der Waals surface area contributed by atoms with E-state index in [1.54, 1.807) is 11.3 Å². The molecule has 0 saturated heterocycles. The van der Waals surface area contributed by atoms with E-state index in [2.05, 4.69) is 16.4 Å². The minimum absolute atomic E-state index is 0.268. The molecule has 22 heavy (non-hydrogen) atoms. The first-order valence-corrected chi connectivity index (χ1v) is 9.53. The summed E-state index contributed by atoms with van der Waals surface area (Å²) in [6.45, 7) is 1.53. The van der Waals surface area contributed by atoms with E-state index in [9.17, 15) is 13.0 Å². The molecule has 1 N–H and O–H groups in total. The summed E-state index contributed by atoms with van der Waals surface area (Å²) in [5, 5.41) is 4.15. The van der Waals surface area contributed by atoms with Gasteiger partial charge in [0.15, 0.2) is 12.4 Å². The second kappa shape index (κ2) is 10.4. The Morgan fingerprint density at radius 1 is 1.23 bits per heavy atom. The zero-order valence-corrected chi connectivity index (χ0v) is 14.3. The lowest BCUT2D eigenvalue weighted by Gasteiger charge is -2.16. The highest BCUT2D eigenvalue weighted by Crippen LogP contribution is 2.07. The minimum Gasteiger partial charge on any atom is -0.748 e. The van der Waals surface area contributed by atoms with Crippen molar-refractivity contribution in [2.75, 3.05) is 25.9 Å². The van der Waals surface area contributed by atoms with Crippen molar-refractivity contribution in [1.29, 1.82) is 0 Å². The smallest absolute Gasteiger partial charge is 0.166 e. The summed E-state index contributed by atoms with van der Waals surface area (Å²) in [6.07, 6.45) is 5.12. The third kappa shape index (κ3) is 10.4. The van der Waals surface area contributed by atoms with Gasteiger partial charge in [0.25, 0.3) is 0 Å². The van der Waals surface area contributed by atoms with E-state index < -0.39 is 10.1 Å². The maximum absolute atomic E-state index is 10.4. The molecule has 0 fully saturated rings. The van der Waals surface area contributed by atoms with Crippen LogP contribution in [-0.4, -0.2) is 43.8 Å². The Morgan fingerprint density at radius 3 is 2.41 bits per heavy atom. The van der Waals surface area contributed by atoms with Gasteiger partial charge in [-0.15, -0.1) is 0 Å². The number of pyridine rings is 1. The lowest BCUT2D eigenvalue weighted by atomic mass is 10.2. The van der Waals surface area contributed by atoms with Crippen LogP contribution in [0.3, 0.4) is 0 Å². The number of nitrogens with one attached hydrogen (secondary N) is 1. The fourth-order valence-electron chi connectivity index (χ4n) is 1.72. The van der Waals surface area contributed by atoms with Crippen molar-refractivity contribution in [3.63, 3.8) is 0 Å². The molecule has 0 radical (unpaired) electrons. The van der Waals surface area contributed by atoms with Crippen molar-refractivity contribution in [2.45, 2.75) is 12.8 Å². The zero-order chi connectivity index (χ0) is 16.3. The first-order chi connectivity index (χ1) is 10.5. The van der Waals surface area contributed by atoms with Crippen molar-refractivity contribution >= 4 is 21.5 Å². The Morgan fingerprint density at radius 2 is 1.95 bits per heavy atom. The van der Waals surface area contributed by atoms with Gasteiger partial charge < -0.3 is 9.45 Å². The molecule has 0 bridgehead atoms. The van der Waals surface area contributed by atoms with Gasteiger partial charge in [0.1, 0.15) is 0 Å². The average Bonchev–Trinajstić information content (AvgIpc) is 3.00. The van der Waals surface area contributed by atoms with Gasteiger partial charge in [0.2, 0.25) is 0 Å². The van der Waals surface area contributed by atoms with Crippen LogP contribution in [0, 0.1) is 0 Å². The van der Waals surface area contributed by atoms with Gasteiger partial charge in [-0.05, 0) is 48.8 Å². The summed E-state index contributed by atoms with van der Waals surface area (Å²) in [5.41, 5.74) is 1.30. The van der Waals surface area contributed by atoms with Crippen LogP contribution in [0.4, 0.5) is 0 Å². The van der Waals surface area contributed by atoms with Crippen molar-refractivity contribution in [1.82, 2.24) is 4.90 Å². The minimum atomic E-state index is -4.05. The molecule has 0 aromatic carbocycles. The summed E-state index contributed by atoms with van der Waals surface area (Å²) in [4.78, 5) is 4.94. The number of nitrogens with zero attached hydrogens (tertiary/aromatic N) is 1. The van der Waals surface area contributed by atoms with Gasteiger partial charge in [-0.1, -0.05) is 6.07 Å². The Labute approximate surface area is 136 Å². The molecule has 2 aromatic rings. The molecule has 0 aliphatic rings. The predicted octanol–water partition coefficient (Wildman–Crippen LogP) is 1.66. The Bertz CT molecular complexity index is 560. The van der Waals surface area contributed by atoms with Crippen LogP contribution < -0.4 is 4.98 Å². The van der Waals surface area contributed by atoms with E-state index in [1.807, 2.05) is 47.9 Å². The van der Waals surface area contributed by atoms with Gasteiger partial charge in [-0.2, -0.15) is 11.3 Å². The Kier molecular flexibility index (Phi) is 8.91. The normalized spacial score (nSPS) is 11.0. The third-order valence-corrected chi connectivity index (χ3v) is 4.42. The van der Waals surface area contributed by atoms with Crippen LogP contribution in [0.15, 0.2) is 47.4 Å². The molecule has 0 spiro atoms. The van der Waals surface area contributed by atoms with E-state index in [0.717, 1.165) is 13.0 Å². The summed E-state index contributed by atoms with van der Waals surface area (Å²) >= 11 is 1.67. The van der Waals surface area contributed by atoms with Gasteiger partial charge in [0.05, 0.1) is 10.1 Å². The number of likely N-dealkylation sites (N-methyl/N-ethyl adjacent to an activating group) is 1. The lowest BCUT2D eigenvalue weighted by molar-refractivity contribution is -0.377. The maximum Gasteiger partial charge on any atom is 0.166 e. The van der Waals surface area contributed by atoms with Crippen LogP contribution in [-0.2, 0) is 16.5 Å². The molecule has 7 heteroatoms. The second-order valence-corrected chi connectivity index (χ2v) is 7.18. The van der Waals surface area contributed by atoms with Crippen LogP contribution >= 0.6 is 11.3 Å². The zero-order valence-electron chi connectivity index (χ0n) is 12.6. The van der Waals surface area contributed by atoms with Crippen molar-refractivity contribution < 1.29 is 18.0 Å². The average molecular weight is 342 g/mol. The predicted molar refractivity (Wildman–Crippen MR) is 87.7 cm³/mol. The summed E-state index contributed by atoms with van der Waals surface area (Å²) in [6, 6.07) is 7.94. The monoisotopic (exact) mass is 342 g/mol. The molecule has 5 nitrogen and oxygen atoms in total. The van der Waals surface area contributed by atoms with E-state index in [1.165, 1.54) is 5.56 Å². The highest BCUT2D eigenvalue weighted by Gasteiger charge is 2.01. The standard InChI is InChI=1S/C10H17NO3S2.C5H5N/c1-11(5-2-8-16(12,13)14)6-3-10-4-7-15-9-10;1-2-4-6-5-3-1/h4,7,9H,2-3,5-6,8H2,1H3,(H,12,13,14);1-5H. The molecule has 0 saturated carbocycles. The van der Waals surface area contributed by atoms with Gasteiger partial charge >= 0.3 is 0 Å². The highest BCUT2D eigenvalue weighted by molar-refractivity contribution is 7.85. The fraction of sp³-hybridized carbons (Fsp3) is 0.400. The number of hydrogen-bond acceptors (Lipinski definition) is 5. The molecular weight excluding hydrogens is 320 g/mol. The van der Waals surface area contributed by atoms with E-state index in [4.69, 9.17) is 0 Å². The molecule has 0 amide bonds. The molecule has 0 atom stereocenters. The van der Waals surface area contributed by atoms with Crippen molar-refractivity contribution in [2.24, 2.45) is 0 Å². The largest absolute Gasteiger partial charge is 0.748 e. The van der Waals surface area contributed by atoms with E-state index in [0.29, 0.717) is 13.0 Å². The molecule has 0 aliphatic carbocycles. The SMILES string of the molecule is CN(CCCS(=O)(=O)[O-])CCc1ccsc1.c1cc[nH+]cc1. The number of hydrogen-bond donors (Lipinski definition) is 0. The van der Waals surface area contributed by atoms with Crippen LogP contribution in [0.1, 0.15) is 12.0 Å². The number of H-pyrrole nitrogens is 1. The summed E-state index contributed by atoms with van der Waals surface area (Å²) in [7, 11) is -2.12. The highest BCUT2D eigenvalue weighted by atomic mass is 32.2. The second-order valence-electron chi connectivity index (χ2n) is 4.88. The number of rotatable bonds is 7. The maximum atomic E-state index is 10.4. The number of aromatic nitrogens is 1. The van der Waals surface area contributed by atoms with Crippen LogP contribution in [0.2, 0.25) is 0 Å². The van der Waals surface area contributed by atoms with Crippen molar-refractivity contribution in [3.8, 4) is 0 Å². The van der Waals surface area contributed by atoms with Crippen molar-refractivity contribution in [3.05, 3.63) is 53.0 Å². The molecule has 0 aliphatic heterocycles. The van der Waals surface area contributed by atoms with E-state index >= 15 is 0 Å². The Balaban J connectivity index is 0.000000335. The first-order valence-electron chi connectivity index (χ1n) is 7.01. The first kappa shape index (κ1) is 18.8. The number of thiophene rings is 1. The topological polar surface area (TPSA) is 74.6 Å². The van der Waals surface area contributed by atoms with Gasteiger partial charge in [-0.25, -0.2) is 13.4 Å². The van der Waals surface area contributed by atoms with Crippen LogP contribution in [0.5, 0.6) is 0 Å². The fourth-order valence-corrected chi connectivity index (χ4v) is 2.91. The molecule has 2 heterocycles. The lowest BCUT2D eigenvalue weighted by Crippen LogP contribution is -2.24. The van der Waals surface area contributed by atoms with Crippen LogP contribution in [0.25, 0.3) is 0 Å². The van der Waals surface area contributed by atoms with Gasteiger partial charge in [-0.3, -0.25) is 0 Å². The molecule has 0 unspecified atom stereocenters. The quantitative estimate of drug-likeness (QED) is 0.717. The van der Waals surface area contributed by atoms with E-state index in [-0.39, 0.29) is 5.75 Å². The Hall–Kier alpha value is -1.28. The molecular formula is C15H22N2O3S2. The molecule has 122 valence electrons. The summed E-state index contributed by atoms with van der Waals surface area (Å²) in [5.74, 6) is -0.268. The third-order valence-electron chi connectivity index (χ3n) is 2.90. The molecule has 2 rings (SSSR count). The number of aromatic amines is 1.